The molecule has 1 heterocycles. The van der Waals surface area contributed by atoms with Crippen molar-refractivity contribution in [3.8, 4) is 0 Å². The molecule has 74 valence electrons. The molecule has 13 heavy (non-hydrogen) atoms. The molecule has 2 N–H and O–H groups in total. The summed E-state index contributed by atoms with van der Waals surface area (Å²) in [5, 5.41) is 6.05. The monoisotopic (exact) mass is 182 g/mol. The molecule has 0 radical (unpaired) electrons. The lowest BCUT2D eigenvalue weighted by Crippen LogP contribution is -2.46. The second-order valence-electron chi connectivity index (χ2n) is 3.68. The Morgan fingerprint density at radius 1 is 1.62 bits per heavy atom. The number of carbonyl (C=O) groups excluding carboxylic acids is 1. The maximum absolute atomic E-state index is 11.5. The van der Waals surface area contributed by atoms with Crippen molar-refractivity contribution in [1.82, 2.24) is 10.6 Å². The van der Waals surface area contributed by atoms with E-state index in [1.807, 2.05) is 6.92 Å². The smallest absolute Gasteiger partial charge is 0.237 e. The Balaban J connectivity index is 2.25. The van der Waals surface area contributed by atoms with Crippen molar-refractivity contribution < 1.29 is 4.79 Å². The summed E-state index contributed by atoms with van der Waals surface area (Å²) in [5.41, 5.74) is 0.990. The lowest BCUT2D eigenvalue weighted by molar-refractivity contribution is -0.123. The van der Waals surface area contributed by atoms with Gasteiger partial charge < -0.3 is 10.6 Å². The van der Waals surface area contributed by atoms with Gasteiger partial charge in [-0.05, 0) is 26.3 Å². The van der Waals surface area contributed by atoms with Gasteiger partial charge in [0.05, 0.1) is 6.04 Å². The number of hydrogen-bond donors (Lipinski definition) is 2. The molecule has 1 aliphatic rings. The first-order valence-corrected chi connectivity index (χ1v) is 4.85. The van der Waals surface area contributed by atoms with E-state index in [2.05, 4.69) is 17.2 Å². The Morgan fingerprint density at radius 2 is 2.38 bits per heavy atom. The van der Waals surface area contributed by atoms with Crippen LogP contribution >= 0.6 is 0 Å². The predicted molar refractivity (Wildman–Crippen MR) is 53.5 cm³/mol. The van der Waals surface area contributed by atoms with Crippen LogP contribution in [0, 0.1) is 0 Å². The van der Waals surface area contributed by atoms with Gasteiger partial charge in [-0.25, -0.2) is 0 Å². The van der Waals surface area contributed by atoms with Crippen molar-refractivity contribution in [2.75, 3.05) is 13.1 Å². The van der Waals surface area contributed by atoms with Gasteiger partial charge in [0.2, 0.25) is 5.91 Å². The van der Waals surface area contributed by atoms with Gasteiger partial charge in [0.25, 0.3) is 0 Å². The van der Waals surface area contributed by atoms with E-state index in [1.54, 1.807) is 0 Å². The van der Waals surface area contributed by atoms with Crippen molar-refractivity contribution in [3.63, 3.8) is 0 Å². The largest absolute Gasteiger partial charge is 0.351 e. The highest BCUT2D eigenvalue weighted by molar-refractivity contribution is 5.81. The minimum atomic E-state index is 0.0214. The minimum Gasteiger partial charge on any atom is -0.351 e. The van der Waals surface area contributed by atoms with E-state index in [9.17, 15) is 4.79 Å². The third-order valence-electron chi connectivity index (χ3n) is 2.19. The molecule has 0 unspecified atom stereocenters. The average molecular weight is 182 g/mol. The van der Waals surface area contributed by atoms with Gasteiger partial charge in [0.1, 0.15) is 0 Å². The highest BCUT2D eigenvalue weighted by Gasteiger charge is 2.19. The van der Waals surface area contributed by atoms with Crippen LogP contribution in [0.2, 0.25) is 0 Å². The molecule has 1 aliphatic heterocycles. The summed E-state index contributed by atoms with van der Waals surface area (Å²) in [6.45, 7) is 7.21. The fourth-order valence-corrected chi connectivity index (χ4v) is 1.44. The zero-order valence-corrected chi connectivity index (χ0v) is 8.23. The van der Waals surface area contributed by atoms with Crippen LogP contribution in [0.1, 0.15) is 26.2 Å². The molecule has 0 saturated carbocycles. The molecule has 3 heteroatoms. The molecule has 1 rings (SSSR count). The highest BCUT2D eigenvalue weighted by Crippen LogP contribution is 2.06. The second-order valence-corrected chi connectivity index (χ2v) is 3.68. The van der Waals surface area contributed by atoms with Gasteiger partial charge in [0.15, 0.2) is 0 Å². The van der Waals surface area contributed by atoms with E-state index in [-0.39, 0.29) is 11.9 Å². The van der Waals surface area contributed by atoms with E-state index in [0.717, 1.165) is 25.0 Å². The summed E-state index contributed by atoms with van der Waals surface area (Å²) in [7, 11) is 0. The third kappa shape index (κ3) is 3.59. The summed E-state index contributed by atoms with van der Waals surface area (Å²) in [6, 6.07) is 0.0214. The normalized spacial score (nSPS) is 22.4. The van der Waals surface area contributed by atoms with Crippen molar-refractivity contribution in [3.05, 3.63) is 12.2 Å². The Labute approximate surface area is 79.6 Å². The first kappa shape index (κ1) is 10.3. The van der Waals surface area contributed by atoms with Crippen LogP contribution in [0.25, 0.3) is 0 Å². The first-order chi connectivity index (χ1) is 6.20. The molecule has 0 aromatic rings. The van der Waals surface area contributed by atoms with Crippen molar-refractivity contribution in [2.45, 2.75) is 32.2 Å². The Bertz CT molecular complexity index is 195. The summed E-state index contributed by atoms with van der Waals surface area (Å²) in [4.78, 5) is 11.5. The van der Waals surface area contributed by atoms with Gasteiger partial charge in [-0.1, -0.05) is 18.6 Å². The van der Waals surface area contributed by atoms with Gasteiger partial charge >= 0.3 is 0 Å². The molecular weight excluding hydrogens is 164 g/mol. The average Bonchev–Trinajstić information content (AvgIpc) is 2.15. The molecule has 1 fully saturated rings. The van der Waals surface area contributed by atoms with E-state index in [1.165, 1.54) is 6.42 Å². The molecule has 0 aliphatic carbocycles. The minimum absolute atomic E-state index is 0.0214. The number of carbonyl (C=O) groups is 1. The lowest BCUT2D eigenvalue weighted by Gasteiger charge is -2.22. The molecular formula is C10H18N2O. The molecule has 1 atom stereocenters. The van der Waals surface area contributed by atoms with E-state index in [0.29, 0.717) is 6.54 Å². The molecule has 1 saturated heterocycles. The fraction of sp³-hybridized carbons (Fsp3) is 0.700. The lowest BCUT2D eigenvalue weighted by atomic mass is 10.0. The Kier molecular flexibility index (Phi) is 3.96. The Morgan fingerprint density at radius 3 is 2.92 bits per heavy atom. The van der Waals surface area contributed by atoms with Gasteiger partial charge in [-0.2, -0.15) is 0 Å². The van der Waals surface area contributed by atoms with Crippen LogP contribution in [0.15, 0.2) is 12.2 Å². The zero-order valence-electron chi connectivity index (χ0n) is 8.23. The van der Waals surface area contributed by atoms with Gasteiger partial charge in [-0.15, -0.1) is 0 Å². The summed E-state index contributed by atoms with van der Waals surface area (Å²) >= 11 is 0. The van der Waals surface area contributed by atoms with E-state index >= 15 is 0 Å². The van der Waals surface area contributed by atoms with Crippen LogP contribution in [-0.4, -0.2) is 25.0 Å². The number of piperidine rings is 1. The number of hydrogen-bond acceptors (Lipinski definition) is 2. The fourth-order valence-electron chi connectivity index (χ4n) is 1.44. The van der Waals surface area contributed by atoms with Crippen LogP contribution in [0.3, 0.4) is 0 Å². The molecule has 0 aromatic carbocycles. The molecule has 3 nitrogen and oxygen atoms in total. The van der Waals surface area contributed by atoms with Crippen LogP contribution in [0.5, 0.6) is 0 Å². The summed E-state index contributed by atoms with van der Waals surface area (Å²) < 4.78 is 0. The molecule has 0 aromatic heterocycles. The van der Waals surface area contributed by atoms with E-state index < -0.39 is 0 Å². The second kappa shape index (κ2) is 5.02. The topological polar surface area (TPSA) is 41.1 Å². The maximum atomic E-state index is 11.5. The van der Waals surface area contributed by atoms with Crippen molar-refractivity contribution in [1.29, 1.82) is 0 Å². The maximum Gasteiger partial charge on any atom is 0.237 e. The van der Waals surface area contributed by atoms with Crippen LogP contribution < -0.4 is 10.6 Å². The SMILES string of the molecule is C=C(C)CNC(=O)[C@@H]1CCCCN1. The van der Waals surface area contributed by atoms with Crippen molar-refractivity contribution in [2.24, 2.45) is 0 Å². The summed E-state index contributed by atoms with van der Waals surface area (Å²) in [5.74, 6) is 0.114. The Hall–Kier alpha value is -0.830. The molecule has 0 spiro atoms. The predicted octanol–water partition coefficient (Wildman–Crippen LogP) is 0.821. The molecule has 1 amide bonds. The van der Waals surface area contributed by atoms with Crippen LogP contribution in [0.4, 0.5) is 0 Å². The zero-order chi connectivity index (χ0) is 9.68. The number of amides is 1. The third-order valence-corrected chi connectivity index (χ3v) is 2.19. The number of rotatable bonds is 3. The summed E-state index contributed by atoms with van der Waals surface area (Å²) in [6.07, 6.45) is 3.30. The standard InChI is InChI=1S/C10H18N2O/c1-8(2)7-12-10(13)9-5-3-4-6-11-9/h9,11H,1,3-7H2,2H3,(H,12,13)/t9-/m0/s1. The van der Waals surface area contributed by atoms with E-state index in [4.69, 9.17) is 0 Å². The van der Waals surface area contributed by atoms with Crippen molar-refractivity contribution >= 4 is 5.91 Å². The number of nitrogens with one attached hydrogen (secondary N) is 2. The molecule has 0 bridgehead atoms. The quantitative estimate of drug-likeness (QED) is 0.634. The highest BCUT2D eigenvalue weighted by atomic mass is 16.2. The first-order valence-electron chi connectivity index (χ1n) is 4.85. The van der Waals surface area contributed by atoms with Gasteiger partial charge in [0, 0.05) is 6.54 Å². The van der Waals surface area contributed by atoms with Gasteiger partial charge in [-0.3, -0.25) is 4.79 Å². The van der Waals surface area contributed by atoms with Crippen LogP contribution in [-0.2, 0) is 4.79 Å².